The Balaban J connectivity index is 1.96. The van der Waals surface area contributed by atoms with Crippen molar-refractivity contribution in [3.63, 3.8) is 0 Å². The Kier molecular flexibility index (Phi) is 4.54. The van der Waals surface area contributed by atoms with Crippen LogP contribution in [0.15, 0.2) is 30.5 Å². The predicted octanol–water partition coefficient (Wildman–Crippen LogP) is 0.612. The molecule has 1 aromatic carbocycles. The molecule has 0 unspecified atom stereocenters. The normalized spacial score (nSPS) is 10.1. The number of carbonyl (C=O) groups excluding carboxylic acids is 1. The maximum atomic E-state index is 11.2. The number of nitrogens with zero attached hydrogens (tertiary/aromatic N) is 3. The lowest BCUT2D eigenvalue weighted by Gasteiger charge is -2.08. The highest BCUT2D eigenvalue weighted by molar-refractivity contribution is 5.75. The summed E-state index contributed by atoms with van der Waals surface area (Å²) in [4.78, 5) is 11.2. The van der Waals surface area contributed by atoms with Gasteiger partial charge in [0.1, 0.15) is 18.8 Å². The second kappa shape index (κ2) is 6.55. The van der Waals surface area contributed by atoms with E-state index in [2.05, 4.69) is 15.6 Å². The van der Waals surface area contributed by atoms with Gasteiger partial charge in [0.05, 0.1) is 13.3 Å². The van der Waals surface area contributed by atoms with E-state index in [1.54, 1.807) is 20.4 Å². The fourth-order valence-corrected chi connectivity index (χ4v) is 1.60. The fraction of sp³-hybridized carbons (Fsp3) is 0.308. The number of methoxy groups -OCH3 is 1. The zero-order valence-electron chi connectivity index (χ0n) is 11.4. The van der Waals surface area contributed by atoms with Crippen molar-refractivity contribution in [3.05, 3.63) is 36.2 Å². The van der Waals surface area contributed by atoms with Gasteiger partial charge in [-0.05, 0) is 12.1 Å². The Bertz CT molecular complexity index is 583. The minimum atomic E-state index is -0.132. The number of likely N-dealkylation sites (N-methyl/N-ethyl adjacent to an activating group) is 1. The van der Waals surface area contributed by atoms with Gasteiger partial charge in [-0.25, -0.2) is 4.68 Å². The molecule has 0 aliphatic rings. The Morgan fingerprint density at radius 2 is 2.10 bits per heavy atom. The lowest BCUT2D eigenvalue weighted by Crippen LogP contribution is -2.23. The number of amides is 1. The molecule has 2 rings (SSSR count). The van der Waals surface area contributed by atoms with Crippen LogP contribution in [-0.2, 0) is 17.9 Å². The lowest BCUT2D eigenvalue weighted by atomic mass is 10.3. The Hall–Kier alpha value is -2.57. The average Bonchev–Trinajstić information content (AvgIpc) is 2.92. The Morgan fingerprint density at radius 3 is 2.80 bits per heavy atom. The summed E-state index contributed by atoms with van der Waals surface area (Å²) >= 11 is 0. The number of nitrogens with one attached hydrogen (secondary N) is 1. The van der Waals surface area contributed by atoms with Crippen LogP contribution in [0.5, 0.6) is 11.5 Å². The van der Waals surface area contributed by atoms with Gasteiger partial charge in [-0.2, -0.15) is 0 Å². The van der Waals surface area contributed by atoms with Gasteiger partial charge in [-0.3, -0.25) is 4.79 Å². The van der Waals surface area contributed by atoms with Crippen LogP contribution < -0.4 is 14.8 Å². The molecule has 0 fully saturated rings. The molecule has 1 N–H and O–H groups in total. The zero-order valence-corrected chi connectivity index (χ0v) is 11.4. The van der Waals surface area contributed by atoms with Crippen LogP contribution in [0, 0.1) is 0 Å². The first kappa shape index (κ1) is 13.9. The van der Waals surface area contributed by atoms with Crippen molar-refractivity contribution < 1.29 is 14.3 Å². The maximum Gasteiger partial charge on any atom is 0.241 e. The Morgan fingerprint density at radius 1 is 1.35 bits per heavy atom. The van der Waals surface area contributed by atoms with Gasteiger partial charge >= 0.3 is 0 Å². The van der Waals surface area contributed by atoms with Crippen molar-refractivity contribution in [3.8, 4) is 11.5 Å². The molecule has 7 heteroatoms. The molecule has 0 saturated carbocycles. The number of ether oxygens (including phenoxy) is 2. The molecule has 1 heterocycles. The van der Waals surface area contributed by atoms with Crippen molar-refractivity contribution in [2.75, 3.05) is 14.2 Å². The highest BCUT2D eigenvalue weighted by Crippen LogP contribution is 2.26. The van der Waals surface area contributed by atoms with E-state index in [9.17, 15) is 4.79 Å². The van der Waals surface area contributed by atoms with Crippen LogP contribution >= 0.6 is 0 Å². The van der Waals surface area contributed by atoms with E-state index < -0.39 is 0 Å². The third kappa shape index (κ3) is 3.47. The van der Waals surface area contributed by atoms with Crippen LogP contribution in [0.3, 0.4) is 0 Å². The van der Waals surface area contributed by atoms with Gasteiger partial charge in [-0.1, -0.05) is 17.3 Å². The number of rotatable bonds is 6. The molecule has 1 amide bonds. The molecule has 2 aromatic rings. The van der Waals surface area contributed by atoms with Crippen molar-refractivity contribution in [2.45, 2.75) is 13.2 Å². The molecule has 20 heavy (non-hydrogen) atoms. The summed E-state index contributed by atoms with van der Waals surface area (Å²) in [7, 11) is 3.16. The molecule has 106 valence electrons. The first-order chi connectivity index (χ1) is 9.72. The Labute approximate surface area is 116 Å². The summed E-state index contributed by atoms with van der Waals surface area (Å²) in [5.74, 6) is 1.16. The van der Waals surface area contributed by atoms with Crippen LogP contribution in [0.1, 0.15) is 5.69 Å². The van der Waals surface area contributed by atoms with E-state index in [0.29, 0.717) is 17.2 Å². The average molecular weight is 276 g/mol. The molecule has 1 aromatic heterocycles. The molecule has 0 aliphatic heterocycles. The predicted molar refractivity (Wildman–Crippen MR) is 71.4 cm³/mol. The summed E-state index contributed by atoms with van der Waals surface area (Å²) in [6.45, 7) is 0.395. The third-order valence-electron chi connectivity index (χ3n) is 2.62. The third-order valence-corrected chi connectivity index (χ3v) is 2.62. The second-order valence-corrected chi connectivity index (χ2v) is 4.02. The van der Waals surface area contributed by atoms with Crippen molar-refractivity contribution in [1.29, 1.82) is 0 Å². The van der Waals surface area contributed by atoms with Gasteiger partial charge in [0.2, 0.25) is 5.91 Å². The monoisotopic (exact) mass is 276 g/mol. The minimum absolute atomic E-state index is 0.132. The number of hydrogen-bond donors (Lipinski definition) is 1. The molecule has 0 saturated heterocycles. The number of carbonyl (C=O) groups is 1. The molecule has 0 spiro atoms. The number of hydrogen-bond acceptors (Lipinski definition) is 5. The minimum Gasteiger partial charge on any atom is -0.493 e. The fourth-order valence-electron chi connectivity index (χ4n) is 1.60. The van der Waals surface area contributed by atoms with E-state index in [4.69, 9.17) is 9.47 Å². The first-order valence-electron chi connectivity index (χ1n) is 6.08. The second-order valence-electron chi connectivity index (χ2n) is 4.02. The smallest absolute Gasteiger partial charge is 0.241 e. The van der Waals surface area contributed by atoms with Crippen LogP contribution in [0.4, 0.5) is 0 Å². The van der Waals surface area contributed by atoms with E-state index in [-0.39, 0.29) is 19.1 Å². The highest BCUT2D eigenvalue weighted by Gasteiger charge is 2.07. The van der Waals surface area contributed by atoms with E-state index in [0.717, 1.165) is 0 Å². The quantitative estimate of drug-likeness (QED) is 0.836. The molecular formula is C13H16N4O3. The van der Waals surface area contributed by atoms with E-state index in [1.165, 1.54) is 4.68 Å². The largest absolute Gasteiger partial charge is 0.493 e. The summed E-state index contributed by atoms with van der Waals surface area (Å²) < 4.78 is 12.3. The summed E-state index contributed by atoms with van der Waals surface area (Å²) in [5.41, 5.74) is 0.639. The molecule has 0 radical (unpaired) electrons. The number of aromatic nitrogens is 3. The molecule has 0 atom stereocenters. The van der Waals surface area contributed by atoms with Gasteiger partial charge in [0.15, 0.2) is 11.5 Å². The van der Waals surface area contributed by atoms with Gasteiger partial charge in [0.25, 0.3) is 0 Å². The van der Waals surface area contributed by atoms with Gasteiger partial charge in [-0.15, -0.1) is 5.10 Å². The van der Waals surface area contributed by atoms with Gasteiger partial charge < -0.3 is 14.8 Å². The first-order valence-corrected chi connectivity index (χ1v) is 6.08. The summed E-state index contributed by atoms with van der Waals surface area (Å²) in [5, 5.41) is 10.3. The zero-order chi connectivity index (χ0) is 14.4. The molecular weight excluding hydrogens is 260 g/mol. The SMILES string of the molecule is CNC(=O)Cn1cc(COc2ccccc2OC)nn1. The topological polar surface area (TPSA) is 78.3 Å². The van der Waals surface area contributed by atoms with Crippen molar-refractivity contribution in [2.24, 2.45) is 0 Å². The van der Waals surface area contributed by atoms with Crippen molar-refractivity contribution >= 4 is 5.91 Å². The van der Waals surface area contributed by atoms with E-state index in [1.807, 2.05) is 24.3 Å². The number of para-hydroxylation sites is 2. The number of benzene rings is 1. The lowest BCUT2D eigenvalue weighted by molar-refractivity contribution is -0.121. The van der Waals surface area contributed by atoms with Crippen LogP contribution in [-0.4, -0.2) is 35.1 Å². The maximum absolute atomic E-state index is 11.2. The van der Waals surface area contributed by atoms with Crippen molar-refractivity contribution in [1.82, 2.24) is 20.3 Å². The van der Waals surface area contributed by atoms with Gasteiger partial charge in [0, 0.05) is 7.05 Å². The molecule has 0 aliphatic carbocycles. The highest BCUT2D eigenvalue weighted by atomic mass is 16.5. The van der Waals surface area contributed by atoms with E-state index >= 15 is 0 Å². The van der Waals surface area contributed by atoms with Crippen LogP contribution in [0.2, 0.25) is 0 Å². The summed E-state index contributed by atoms with van der Waals surface area (Å²) in [6, 6.07) is 7.36. The summed E-state index contributed by atoms with van der Waals surface area (Å²) in [6.07, 6.45) is 1.67. The molecule has 0 bridgehead atoms. The molecule has 7 nitrogen and oxygen atoms in total. The standard InChI is InChI=1S/C13H16N4O3/c1-14-13(18)8-17-7-10(15-16-17)9-20-12-6-4-3-5-11(12)19-2/h3-7H,8-9H2,1-2H3,(H,14,18). The van der Waals surface area contributed by atoms with Crippen LogP contribution in [0.25, 0.3) is 0 Å².